The van der Waals surface area contributed by atoms with Gasteiger partial charge in [-0.2, -0.15) is 0 Å². The standard InChI is InChI=1S/C11H16O2/c1-2-3-4-5-6-7-8-9-10-11(12)13/h5-10H,2-4H2,1H3,(H,12,13)/p-1/b6-5?,8-7?,10-9+. The predicted octanol–water partition coefficient (Wildman–Crippen LogP) is 1.60. The molecule has 72 valence electrons. The Morgan fingerprint density at radius 3 is 2.54 bits per heavy atom. The van der Waals surface area contributed by atoms with Gasteiger partial charge in [0, 0.05) is 0 Å². The third-order valence-electron chi connectivity index (χ3n) is 1.43. The van der Waals surface area contributed by atoms with E-state index in [2.05, 4.69) is 13.0 Å². The zero-order chi connectivity index (χ0) is 9.94. The van der Waals surface area contributed by atoms with Crippen molar-refractivity contribution in [2.45, 2.75) is 26.2 Å². The molecule has 0 fully saturated rings. The Hall–Kier alpha value is -1.31. The van der Waals surface area contributed by atoms with Gasteiger partial charge in [0.1, 0.15) is 0 Å². The van der Waals surface area contributed by atoms with Gasteiger partial charge in [-0.15, -0.1) is 0 Å². The van der Waals surface area contributed by atoms with Crippen molar-refractivity contribution in [2.75, 3.05) is 0 Å². The first-order chi connectivity index (χ1) is 6.27. The molecule has 0 aliphatic rings. The van der Waals surface area contributed by atoms with Gasteiger partial charge in [0.25, 0.3) is 0 Å². The number of aliphatic carboxylic acids is 1. The first-order valence-corrected chi connectivity index (χ1v) is 4.48. The first-order valence-electron chi connectivity index (χ1n) is 4.48. The van der Waals surface area contributed by atoms with Crippen LogP contribution in [0.1, 0.15) is 26.2 Å². The van der Waals surface area contributed by atoms with E-state index in [-0.39, 0.29) is 0 Å². The Labute approximate surface area is 79.3 Å². The van der Waals surface area contributed by atoms with Gasteiger partial charge in [-0.25, -0.2) is 0 Å². The summed E-state index contributed by atoms with van der Waals surface area (Å²) in [5, 5.41) is 9.92. The monoisotopic (exact) mass is 179 g/mol. The molecule has 0 unspecified atom stereocenters. The van der Waals surface area contributed by atoms with Crippen LogP contribution in [-0.4, -0.2) is 5.97 Å². The van der Waals surface area contributed by atoms with Crippen LogP contribution in [0.5, 0.6) is 0 Å². The fourth-order valence-corrected chi connectivity index (χ4v) is 0.759. The van der Waals surface area contributed by atoms with Crippen LogP contribution in [0.3, 0.4) is 0 Å². The van der Waals surface area contributed by atoms with E-state index in [1.54, 1.807) is 12.2 Å². The van der Waals surface area contributed by atoms with E-state index >= 15 is 0 Å². The van der Waals surface area contributed by atoms with E-state index < -0.39 is 5.97 Å². The van der Waals surface area contributed by atoms with Crippen molar-refractivity contribution in [3.05, 3.63) is 36.5 Å². The van der Waals surface area contributed by atoms with Crippen molar-refractivity contribution in [3.63, 3.8) is 0 Å². The average Bonchev–Trinajstić information content (AvgIpc) is 2.09. The summed E-state index contributed by atoms with van der Waals surface area (Å²) in [5.41, 5.74) is 0. The summed E-state index contributed by atoms with van der Waals surface area (Å²) in [6.07, 6.45) is 13.3. The van der Waals surface area contributed by atoms with Crippen LogP contribution < -0.4 is 5.11 Å². The Bertz CT molecular complexity index is 212. The van der Waals surface area contributed by atoms with Crippen molar-refractivity contribution >= 4 is 5.97 Å². The fourth-order valence-electron chi connectivity index (χ4n) is 0.759. The van der Waals surface area contributed by atoms with Crippen molar-refractivity contribution in [2.24, 2.45) is 0 Å². The normalized spacial score (nSPS) is 12.1. The van der Waals surface area contributed by atoms with Crippen LogP contribution in [-0.2, 0) is 4.79 Å². The van der Waals surface area contributed by atoms with Crippen LogP contribution in [0.4, 0.5) is 0 Å². The van der Waals surface area contributed by atoms with Gasteiger partial charge in [0.15, 0.2) is 0 Å². The molecule has 0 spiro atoms. The number of carbonyl (C=O) groups is 1. The second-order valence-electron chi connectivity index (χ2n) is 2.63. The molecule has 0 saturated carbocycles. The lowest BCUT2D eigenvalue weighted by atomic mass is 10.2. The van der Waals surface area contributed by atoms with Gasteiger partial charge in [-0.05, 0) is 12.5 Å². The maximum atomic E-state index is 9.92. The maximum Gasteiger partial charge on any atom is 0.0642 e. The molecule has 0 rings (SSSR count). The van der Waals surface area contributed by atoms with E-state index in [0.29, 0.717) is 0 Å². The molecule has 0 aliphatic heterocycles. The topological polar surface area (TPSA) is 40.1 Å². The highest BCUT2D eigenvalue weighted by Crippen LogP contribution is 1.94. The largest absolute Gasteiger partial charge is 0.545 e. The van der Waals surface area contributed by atoms with Crippen LogP contribution in [0.25, 0.3) is 0 Å². The van der Waals surface area contributed by atoms with Crippen molar-refractivity contribution in [3.8, 4) is 0 Å². The molecule has 0 atom stereocenters. The molecule has 0 N–H and O–H groups in total. The number of rotatable bonds is 6. The van der Waals surface area contributed by atoms with E-state index in [4.69, 9.17) is 0 Å². The highest BCUT2D eigenvalue weighted by molar-refractivity contribution is 5.77. The van der Waals surface area contributed by atoms with Gasteiger partial charge in [0.2, 0.25) is 0 Å². The van der Waals surface area contributed by atoms with Gasteiger partial charge < -0.3 is 9.90 Å². The Morgan fingerprint density at radius 1 is 1.23 bits per heavy atom. The molecule has 0 saturated heterocycles. The molecule has 0 aliphatic carbocycles. The smallest absolute Gasteiger partial charge is 0.0642 e. The van der Waals surface area contributed by atoms with Crippen LogP contribution in [0.15, 0.2) is 36.5 Å². The molecule has 2 heteroatoms. The third kappa shape index (κ3) is 10.7. The number of hydrogen-bond acceptors (Lipinski definition) is 2. The first kappa shape index (κ1) is 11.7. The minimum Gasteiger partial charge on any atom is -0.545 e. The molecule has 0 aromatic rings. The van der Waals surface area contributed by atoms with Gasteiger partial charge in [-0.1, -0.05) is 50.1 Å². The summed E-state index contributed by atoms with van der Waals surface area (Å²) >= 11 is 0. The SMILES string of the molecule is CCCCC=CC=C/C=C/C(=O)[O-]. The quantitative estimate of drug-likeness (QED) is 0.353. The zero-order valence-corrected chi connectivity index (χ0v) is 7.90. The summed E-state index contributed by atoms with van der Waals surface area (Å²) in [4.78, 5) is 9.92. The molecule has 13 heavy (non-hydrogen) atoms. The summed E-state index contributed by atoms with van der Waals surface area (Å²) < 4.78 is 0. The fraction of sp³-hybridized carbons (Fsp3) is 0.364. The molecule has 0 bridgehead atoms. The van der Waals surface area contributed by atoms with Crippen LogP contribution in [0, 0.1) is 0 Å². The molecule has 2 nitrogen and oxygen atoms in total. The van der Waals surface area contributed by atoms with E-state index in [9.17, 15) is 9.90 Å². The lowest BCUT2D eigenvalue weighted by Gasteiger charge is -1.86. The lowest BCUT2D eigenvalue weighted by Crippen LogP contribution is -2.18. The molecular weight excluding hydrogens is 164 g/mol. The second-order valence-corrected chi connectivity index (χ2v) is 2.63. The molecule has 0 aromatic heterocycles. The molecule has 0 aromatic carbocycles. The number of carboxylic acid groups (broad SMARTS) is 1. The highest BCUT2D eigenvalue weighted by atomic mass is 16.4. The Kier molecular flexibility index (Phi) is 7.90. The predicted molar refractivity (Wildman–Crippen MR) is 52.0 cm³/mol. The average molecular weight is 179 g/mol. The summed E-state index contributed by atoms with van der Waals surface area (Å²) in [7, 11) is 0. The zero-order valence-electron chi connectivity index (χ0n) is 7.90. The van der Waals surface area contributed by atoms with E-state index in [1.807, 2.05) is 6.08 Å². The number of unbranched alkanes of at least 4 members (excludes halogenated alkanes) is 2. The number of carboxylic acids is 1. The maximum absolute atomic E-state index is 9.92. The van der Waals surface area contributed by atoms with E-state index in [0.717, 1.165) is 12.5 Å². The number of carbonyl (C=O) groups excluding carboxylic acids is 1. The summed E-state index contributed by atoms with van der Waals surface area (Å²) in [6.45, 7) is 2.15. The van der Waals surface area contributed by atoms with Gasteiger partial charge >= 0.3 is 0 Å². The lowest BCUT2D eigenvalue weighted by molar-refractivity contribution is -0.297. The van der Waals surface area contributed by atoms with Crippen molar-refractivity contribution < 1.29 is 9.90 Å². The summed E-state index contributed by atoms with van der Waals surface area (Å²) in [5.74, 6) is -1.17. The van der Waals surface area contributed by atoms with Gasteiger partial charge in [-0.3, -0.25) is 0 Å². The molecule has 0 heterocycles. The second kappa shape index (κ2) is 8.78. The number of hydrogen-bond donors (Lipinski definition) is 0. The highest BCUT2D eigenvalue weighted by Gasteiger charge is 1.74. The van der Waals surface area contributed by atoms with Crippen molar-refractivity contribution in [1.82, 2.24) is 0 Å². The summed E-state index contributed by atoms with van der Waals surface area (Å²) in [6, 6.07) is 0. The van der Waals surface area contributed by atoms with Crippen LogP contribution in [0.2, 0.25) is 0 Å². The van der Waals surface area contributed by atoms with Gasteiger partial charge in [0.05, 0.1) is 5.97 Å². The van der Waals surface area contributed by atoms with Crippen molar-refractivity contribution in [1.29, 1.82) is 0 Å². The molecule has 0 radical (unpaired) electrons. The third-order valence-corrected chi connectivity index (χ3v) is 1.43. The van der Waals surface area contributed by atoms with E-state index in [1.165, 1.54) is 18.9 Å². The minimum atomic E-state index is -1.17. The minimum absolute atomic E-state index is 0.996. The van der Waals surface area contributed by atoms with Crippen LogP contribution >= 0.6 is 0 Å². The molecule has 0 amide bonds. The molecular formula is C11H15O2-. The number of allylic oxidation sites excluding steroid dienone is 5. The Balaban J connectivity index is 3.51. The Morgan fingerprint density at radius 2 is 1.92 bits per heavy atom.